The predicted molar refractivity (Wildman–Crippen MR) is 81.0 cm³/mol. The Hall–Kier alpha value is -0.870. The van der Waals surface area contributed by atoms with Crippen LogP contribution in [0.3, 0.4) is 0 Å². The van der Waals surface area contributed by atoms with Gasteiger partial charge in [0.25, 0.3) is 0 Å². The Balaban J connectivity index is 1.93. The van der Waals surface area contributed by atoms with E-state index in [1.807, 2.05) is 6.08 Å². The van der Waals surface area contributed by atoms with Gasteiger partial charge in [0.1, 0.15) is 0 Å². The molecule has 0 radical (unpaired) electrons. The van der Waals surface area contributed by atoms with Crippen molar-refractivity contribution in [2.45, 2.75) is 76.6 Å². The van der Waals surface area contributed by atoms with E-state index in [1.54, 1.807) is 0 Å². The molecular formula is C17H28O4. The quantitative estimate of drug-likeness (QED) is 0.572. The first-order valence-electron chi connectivity index (χ1n) is 8.35. The second-order valence-corrected chi connectivity index (χ2v) is 6.27. The number of hydrogen-bond acceptors (Lipinski definition) is 3. The molecule has 2 atom stereocenters. The van der Waals surface area contributed by atoms with E-state index in [4.69, 9.17) is 14.6 Å². The Labute approximate surface area is 127 Å². The zero-order valence-corrected chi connectivity index (χ0v) is 13.1. The van der Waals surface area contributed by atoms with Crippen LogP contribution in [-0.2, 0) is 14.3 Å². The Morgan fingerprint density at radius 3 is 2.81 bits per heavy atom. The summed E-state index contributed by atoms with van der Waals surface area (Å²) in [5.41, 5.74) is 0. The molecule has 0 aromatic heterocycles. The minimum Gasteiger partial charge on any atom is -0.481 e. The molecule has 0 bridgehead atoms. The molecule has 120 valence electrons. The van der Waals surface area contributed by atoms with Crippen molar-refractivity contribution in [1.29, 1.82) is 0 Å². The SMILES string of the molecule is CCCC/C=C/[C@@H](CC(=O)O)[C@H]1COC2(CCCCC2)O1. The van der Waals surface area contributed by atoms with Gasteiger partial charge in [-0.3, -0.25) is 4.79 Å². The van der Waals surface area contributed by atoms with Crippen molar-refractivity contribution in [3.63, 3.8) is 0 Å². The summed E-state index contributed by atoms with van der Waals surface area (Å²) in [5.74, 6) is -1.27. The summed E-state index contributed by atoms with van der Waals surface area (Å²) in [6.45, 7) is 2.68. The summed E-state index contributed by atoms with van der Waals surface area (Å²) in [6, 6.07) is 0. The highest BCUT2D eigenvalue weighted by Gasteiger charge is 2.44. The van der Waals surface area contributed by atoms with E-state index in [9.17, 15) is 4.79 Å². The van der Waals surface area contributed by atoms with Crippen molar-refractivity contribution in [3.05, 3.63) is 12.2 Å². The largest absolute Gasteiger partial charge is 0.481 e. The molecule has 2 aliphatic rings. The average Bonchev–Trinajstić information content (AvgIpc) is 2.86. The lowest BCUT2D eigenvalue weighted by Crippen LogP contribution is -2.34. The van der Waals surface area contributed by atoms with E-state index >= 15 is 0 Å². The van der Waals surface area contributed by atoms with Crippen LogP contribution in [0.15, 0.2) is 12.2 Å². The maximum Gasteiger partial charge on any atom is 0.304 e. The van der Waals surface area contributed by atoms with E-state index in [0.717, 1.165) is 44.9 Å². The molecule has 1 aliphatic carbocycles. The van der Waals surface area contributed by atoms with Gasteiger partial charge in [0, 0.05) is 18.8 Å². The molecule has 2 fully saturated rings. The van der Waals surface area contributed by atoms with Crippen LogP contribution in [0.2, 0.25) is 0 Å². The minimum atomic E-state index is -0.770. The van der Waals surface area contributed by atoms with Crippen molar-refractivity contribution >= 4 is 5.97 Å². The zero-order chi connectivity index (χ0) is 15.1. The van der Waals surface area contributed by atoms with Gasteiger partial charge in [0.15, 0.2) is 5.79 Å². The van der Waals surface area contributed by atoms with E-state index in [2.05, 4.69) is 13.0 Å². The molecule has 1 aliphatic heterocycles. The number of aliphatic carboxylic acids is 1. The summed E-state index contributed by atoms with van der Waals surface area (Å²) in [6.07, 6.45) is 12.9. The third kappa shape index (κ3) is 4.82. The molecule has 1 saturated heterocycles. The van der Waals surface area contributed by atoms with Crippen LogP contribution in [0, 0.1) is 5.92 Å². The van der Waals surface area contributed by atoms with Gasteiger partial charge in [-0.1, -0.05) is 38.3 Å². The van der Waals surface area contributed by atoms with Crippen molar-refractivity contribution < 1.29 is 19.4 Å². The summed E-state index contributed by atoms with van der Waals surface area (Å²) in [4.78, 5) is 11.1. The number of carbonyl (C=O) groups is 1. The molecule has 1 spiro atoms. The van der Waals surface area contributed by atoms with Crippen LogP contribution >= 0.6 is 0 Å². The molecule has 1 N–H and O–H groups in total. The molecule has 4 heteroatoms. The number of allylic oxidation sites excluding steroid dienone is 1. The molecule has 0 aromatic rings. The van der Waals surface area contributed by atoms with E-state index in [1.165, 1.54) is 6.42 Å². The number of carboxylic acid groups (broad SMARTS) is 1. The maximum absolute atomic E-state index is 11.1. The number of rotatable bonds is 7. The number of unbranched alkanes of at least 4 members (excludes halogenated alkanes) is 2. The molecule has 0 aromatic carbocycles. The first-order valence-corrected chi connectivity index (χ1v) is 8.35. The van der Waals surface area contributed by atoms with E-state index in [0.29, 0.717) is 6.61 Å². The van der Waals surface area contributed by atoms with Crippen LogP contribution in [0.25, 0.3) is 0 Å². The van der Waals surface area contributed by atoms with Gasteiger partial charge in [0.05, 0.1) is 19.1 Å². The van der Waals surface area contributed by atoms with Gasteiger partial charge >= 0.3 is 5.97 Å². The summed E-state index contributed by atoms with van der Waals surface area (Å²) in [7, 11) is 0. The second-order valence-electron chi connectivity index (χ2n) is 6.27. The Bertz CT molecular complexity index is 358. The molecule has 1 saturated carbocycles. The summed E-state index contributed by atoms with van der Waals surface area (Å²) in [5, 5.41) is 9.12. The normalized spacial score (nSPS) is 26.4. The highest BCUT2D eigenvalue weighted by Crippen LogP contribution is 2.40. The summed E-state index contributed by atoms with van der Waals surface area (Å²) >= 11 is 0. The first-order chi connectivity index (χ1) is 10.2. The highest BCUT2D eigenvalue weighted by atomic mass is 16.7. The first kappa shape index (κ1) is 16.5. The van der Waals surface area contributed by atoms with Crippen LogP contribution < -0.4 is 0 Å². The lowest BCUT2D eigenvalue weighted by atomic mass is 9.94. The monoisotopic (exact) mass is 296 g/mol. The average molecular weight is 296 g/mol. The molecule has 0 amide bonds. The molecule has 2 rings (SSSR count). The van der Waals surface area contributed by atoms with E-state index < -0.39 is 11.8 Å². The number of hydrogen-bond donors (Lipinski definition) is 1. The van der Waals surface area contributed by atoms with Crippen LogP contribution in [0.1, 0.15) is 64.7 Å². The number of ether oxygens (including phenoxy) is 2. The fraction of sp³-hybridized carbons (Fsp3) is 0.824. The maximum atomic E-state index is 11.1. The molecule has 1 heterocycles. The zero-order valence-electron chi connectivity index (χ0n) is 13.1. The third-order valence-corrected chi connectivity index (χ3v) is 4.49. The topological polar surface area (TPSA) is 55.8 Å². The lowest BCUT2D eigenvalue weighted by molar-refractivity contribution is -0.190. The predicted octanol–water partition coefficient (Wildman–Crippen LogP) is 3.90. The van der Waals surface area contributed by atoms with Crippen molar-refractivity contribution in [2.75, 3.05) is 6.61 Å². The number of carboxylic acids is 1. The van der Waals surface area contributed by atoms with Gasteiger partial charge in [-0.2, -0.15) is 0 Å². The second kappa shape index (κ2) is 7.95. The fourth-order valence-corrected chi connectivity index (χ4v) is 3.26. The molecule has 21 heavy (non-hydrogen) atoms. The minimum absolute atomic E-state index is 0.0827. The van der Waals surface area contributed by atoms with Crippen LogP contribution in [-0.4, -0.2) is 29.6 Å². The Morgan fingerprint density at radius 1 is 1.38 bits per heavy atom. The highest BCUT2D eigenvalue weighted by molar-refractivity contribution is 5.67. The lowest BCUT2D eigenvalue weighted by Gasteiger charge is -2.32. The molecule has 4 nitrogen and oxygen atoms in total. The fourth-order valence-electron chi connectivity index (χ4n) is 3.26. The Morgan fingerprint density at radius 2 is 2.14 bits per heavy atom. The van der Waals surface area contributed by atoms with Gasteiger partial charge in [-0.25, -0.2) is 0 Å². The van der Waals surface area contributed by atoms with Crippen LogP contribution in [0.4, 0.5) is 0 Å². The van der Waals surface area contributed by atoms with Crippen molar-refractivity contribution in [3.8, 4) is 0 Å². The standard InChI is InChI=1S/C17H28O4/c1-2-3-4-6-9-14(12-16(18)19)15-13-20-17(21-15)10-7-5-8-11-17/h6,9,14-15H,2-5,7-8,10-13H2,1H3,(H,18,19)/b9-6+/t14-,15+/m0/s1. The smallest absolute Gasteiger partial charge is 0.304 e. The van der Waals surface area contributed by atoms with Gasteiger partial charge in [0.2, 0.25) is 0 Å². The van der Waals surface area contributed by atoms with Crippen LogP contribution in [0.5, 0.6) is 0 Å². The Kier molecular flexibility index (Phi) is 6.24. The van der Waals surface area contributed by atoms with Gasteiger partial charge in [-0.15, -0.1) is 0 Å². The van der Waals surface area contributed by atoms with Crippen molar-refractivity contribution in [2.24, 2.45) is 5.92 Å². The van der Waals surface area contributed by atoms with Gasteiger partial charge in [-0.05, 0) is 19.3 Å². The van der Waals surface area contributed by atoms with Gasteiger partial charge < -0.3 is 14.6 Å². The van der Waals surface area contributed by atoms with E-state index in [-0.39, 0.29) is 18.4 Å². The third-order valence-electron chi connectivity index (χ3n) is 4.49. The summed E-state index contributed by atoms with van der Waals surface area (Å²) < 4.78 is 12.1. The molecule has 0 unspecified atom stereocenters. The molecular weight excluding hydrogens is 268 g/mol. The van der Waals surface area contributed by atoms with Crippen molar-refractivity contribution in [1.82, 2.24) is 0 Å².